The van der Waals surface area contributed by atoms with Crippen LogP contribution in [-0.2, 0) is 4.79 Å². The van der Waals surface area contributed by atoms with Crippen molar-refractivity contribution >= 4 is 11.8 Å². The number of aliphatic hydroxyl groups excluding tert-OH is 1. The Labute approximate surface area is 159 Å². The summed E-state index contributed by atoms with van der Waals surface area (Å²) in [7, 11) is 2.97. The molecule has 1 aliphatic rings. The molecule has 5 N–H and O–H groups in total. The maximum absolute atomic E-state index is 12.2. The molecule has 2 rings (SSSR count). The van der Waals surface area contributed by atoms with Crippen LogP contribution in [0.3, 0.4) is 0 Å². The molecule has 2 amide bonds. The van der Waals surface area contributed by atoms with E-state index in [1.54, 1.807) is 12.1 Å². The first-order valence-electron chi connectivity index (χ1n) is 9.20. The summed E-state index contributed by atoms with van der Waals surface area (Å²) in [6, 6.07) is 4.86. The van der Waals surface area contributed by atoms with Gasteiger partial charge in [-0.3, -0.25) is 20.4 Å². The van der Waals surface area contributed by atoms with E-state index >= 15 is 0 Å². The lowest BCUT2D eigenvalue weighted by molar-refractivity contribution is -0.130. The number of hydrogen-bond acceptors (Lipinski definition) is 6. The van der Waals surface area contributed by atoms with Gasteiger partial charge in [-0.1, -0.05) is 12.8 Å². The Bertz CT molecular complexity index is 652. The standard InChI is InChI=1S/C19H29N3O5/c1-26-16-9-7-13(11-17(16)27-2)18(24)21-22-19(25)15(23)8-6-12-4-3-5-14(20)10-12/h7,9,11-12,14-15,23H,3-6,8,10,20H2,1-2H3,(H,21,24)(H,22,25)/t12?,14-,15?/m1/s1. The second-order valence-corrected chi connectivity index (χ2v) is 6.90. The molecule has 0 spiro atoms. The van der Waals surface area contributed by atoms with E-state index in [2.05, 4.69) is 10.9 Å². The molecule has 8 nitrogen and oxygen atoms in total. The molecule has 27 heavy (non-hydrogen) atoms. The fourth-order valence-corrected chi connectivity index (χ4v) is 3.37. The minimum absolute atomic E-state index is 0.218. The highest BCUT2D eigenvalue weighted by Crippen LogP contribution is 2.28. The molecule has 1 fully saturated rings. The van der Waals surface area contributed by atoms with E-state index in [0.717, 1.165) is 32.1 Å². The third kappa shape index (κ3) is 6.11. The number of nitrogens with one attached hydrogen (secondary N) is 2. The maximum Gasteiger partial charge on any atom is 0.269 e. The normalized spacial score (nSPS) is 20.4. The molecule has 1 aromatic rings. The fourth-order valence-electron chi connectivity index (χ4n) is 3.37. The number of methoxy groups -OCH3 is 2. The van der Waals surface area contributed by atoms with Crippen LogP contribution in [0, 0.1) is 5.92 Å². The zero-order chi connectivity index (χ0) is 19.8. The highest BCUT2D eigenvalue weighted by Gasteiger charge is 2.22. The first kappa shape index (κ1) is 21.0. The van der Waals surface area contributed by atoms with Crippen LogP contribution in [0.4, 0.5) is 0 Å². The van der Waals surface area contributed by atoms with Gasteiger partial charge < -0.3 is 20.3 Å². The van der Waals surface area contributed by atoms with Crippen LogP contribution in [0.5, 0.6) is 11.5 Å². The molecule has 3 atom stereocenters. The lowest BCUT2D eigenvalue weighted by Gasteiger charge is -2.27. The van der Waals surface area contributed by atoms with Crippen molar-refractivity contribution in [3.8, 4) is 11.5 Å². The smallest absolute Gasteiger partial charge is 0.269 e. The first-order valence-corrected chi connectivity index (χ1v) is 9.20. The second kappa shape index (κ2) is 10.1. The van der Waals surface area contributed by atoms with Gasteiger partial charge in [-0.05, 0) is 49.8 Å². The second-order valence-electron chi connectivity index (χ2n) is 6.90. The zero-order valence-corrected chi connectivity index (χ0v) is 15.9. The van der Waals surface area contributed by atoms with E-state index in [0.29, 0.717) is 29.4 Å². The van der Waals surface area contributed by atoms with Gasteiger partial charge in [-0.25, -0.2) is 0 Å². The summed E-state index contributed by atoms with van der Waals surface area (Å²) in [6.07, 6.45) is 4.06. The van der Waals surface area contributed by atoms with Crippen molar-refractivity contribution in [2.24, 2.45) is 11.7 Å². The molecule has 1 aromatic carbocycles. The van der Waals surface area contributed by atoms with Crippen LogP contribution in [-0.4, -0.2) is 43.3 Å². The van der Waals surface area contributed by atoms with E-state index in [1.807, 2.05) is 0 Å². The summed E-state index contributed by atoms with van der Waals surface area (Å²) in [5.41, 5.74) is 10.8. The molecule has 0 radical (unpaired) electrons. The summed E-state index contributed by atoms with van der Waals surface area (Å²) in [6.45, 7) is 0. The average molecular weight is 379 g/mol. The molecule has 0 bridgehead atoms. The molecule has 1 saturated carbocycles. The molecule has 0 aromatic heterocycles. The number of rotatable bonds is 7. The van der Waals surface area contributed by atoms with Crippen molar-refractivity contribution in [2.45, 2.75) is 50.7 Å². The first-order chi connectivity index (χ1) is 12.9. The van der Waals surface area contributed by atoms with E-state index in [4.69, 9.17) is 15.2 Å². The van der Waals surface area contributed by atoms with Crippen molar-refractivity contribution in [2.75, 3.05) is 14.2 Å². The van der Waals surface area contributed by atoms with Crippen molar-refractivity contribution in [1.29, 1.82) is 0 Å². The molecule has 0 aliphatic heterocycles. The van der Waals surface area contributed by atoms with Crippen molar-refractivity contribution in [3.63, 3.8) is 0 Å². The summed E-state index contributed by atoms with van der Waals surface area (Å²) >= 11 is 0. The minimum Gasteiger partial charge on any atom is -0.493 e. The third-order valence-corrected chi connectivity index (χ3v) is 4.92. The molecular formula is C19H29N3O5. The number of aliphatic hydroxyl groups is 1. The predicted octanol–water partition coefficient (Wildman–Crippen LogP) is 1.12. The topological polar surface area (TPSA) is 123 Å². The molecule has 8 heteroatoms. The van der Waals surface area contributed by atoms with Gasteiger partial charge in [0, 0.05) is 11.6 Å². The van der Waals surface area contributed by atoms with Crippen molar-refractivity contribution < 1.29 is 24.2 Å². The van der Waals surface area contributed by atoms with Gasteiger partial charge in [0.2, 0.25) is 0 Å². The SMILES string of the molecule is COc1ccc(C(=O)NNC(=O)C(O)CCC2CCC[C@@H](N)C2)cc1OC. The van der Waals surface area contributed by atoms with Gasteiger partial charge in [0.25, 0.3) is 11.8 Å². The molecule has 0 saturated heterocycles. The number of hydrazine groups is 1. The molecular weight excluding hydrogens is 350 g/mol. The lowest BCUT2D eigenvalue weighted by atomic mass is 9.83. The summed E-state index contributed by atoms with van der Waals surface area (Å²) in [5.74, 6) is 0.189. The number of benzene rings is 1. The number of ether oxygens (including phenoxy) is 2. The summed E-state index contributed by atoms with van der Waals surface area (Å²) < 4.78 is 10.3. The quantitative estimate of drug-likeness (QED) is 0.527. The Morgan fingerprint density at radius 3 is 2.63 bits per heavy atom. The highest BCUT2D eigenvalue weighted by atomic mass is 16.5. The van der Waals surface area contributed by atoms with E-state index < -0.39 is 17.9 Å². The van der Waals surface area contributed by atoms with Gasteiger partial charge in [-0.15, -0.1) is 0 Å². The van der Waals surface area contributed by atoms with Crippen molar-refractivity contribution in [3.05, 3.63) is 23.8 Å². The lowest BCUT2D eigenvalue weighted by Crippen LogP contribution is -2.46. The fraction of sp³-hybridized carbons (Fsp3) is 0.579. The Morgan fingerprint density at radius 1 is 1.22 bits per heavy atom. The van der Waals surface area contributed by atoms with E-state index in [1.165, 1.54) is 20.3 Å². The Kier molecular flexibility index (Phi) is 7.87. The zero-order valence-electron chi connectivity index (χ0n) is 15.9. The number of hydrogen-bond donors (Lipinski definition) is 4. The maximum atomic E-state index is 12.2. The van der Waals surface area contributed by atoms with Gasteiger partial charge >= 0.3 is 0 Å². The predicted molar refractivity (Wildman–Crippen MR) is 100 cm³/mol. The van der Waals surface area contributed by atoms with Crippen LogP contribution < -0.4 is 26.1 Å². The minimum atomic E-state index is -1.17. The van der Waals surface area contributed by atoms with Gasteiger partial charge in [-0.2, -0.15) is 0 Å². The largest absolute Gasteiger partial charge is 0.493 e. The Hall–Kier alpha value is -2.32. The number of carbonyl (C=O) groups is 2. The molecule has 1 aliphatic carbocycles. The van der Waals surface area contributed by atoms with Gasteiger partial charge in [0.1, 0.15) is 6.10 Å². The molecule has 150 valence electrons. The van der Waals surface area contributed by atoms with Crippen LogP contribution in [0.1, 0.15) is 48.9 Å². The monoisotopic (exact) mass is 379 g/mol. The summed E-state index contributed by atoms with van der Waals surface area (Å²) in [4.78, 5) is 24.2. The number of amides is 2. The van der Waals surface area contributed by atoms with Crippen LogP contribution in [0.2, 0.25) is 0 Å². The van der Waals surface area contributed by atoms with Crippen LogP contribution >= 0.6 is 0 Å². The Morgan fingerprint density at radius 2 is 1.96 bits per heavy atom. The number of nitrogens with two attached hydrogens (primary N) is 1. The summed E-state index contributed by atoms with van der Waals surface area (Å²) in [5, 5.41) is 10.0. The van der Waals surface area contributed by atoms with E-state index in [-0.39, 0.29) is 6.04 Å². The van der Waals surface area contributed by atoms with Gasteiger partial charge in [0.15, 0.2) is 11.5 Å². The van der Waals surface area contributed by atoms with Gasteiger partial charge in [0.05, 0.1) is 14.2 Å². The van der Waals surface area contributed by atoms with Crippen LogP contribution in [0.25, 0.3) is 0 Å². The third-order valence-electron chi connectivity index (χ3n) is 4.92. The van der Waals surface area contributed by atoms with E-state index in [9.17, 15) is 14.7 Å². The number of carbonyl (C=O) groups excluding carboxylic acids is 2. The molecule has 2 unspecified atom stereocenters. The highest BCUT2D eigenvalue weighted by molar-refractivity contribution is 5.96. The Balaban J connectivity index is 1.79. The molecule has 0 heterocycles. The van der Waals surface area contributed by atoms with Crippen molar-refractivity contribution in [1.82, 2.24) is 10.9 Å². The average Bonchev–Trinajstić information content (AvgIpc) is 2.69. The van der Waals surface area contributed by atoms with Crippen LogP contribution in [0.15, 0.2) is 18.2 Å².